The van der Waals surface area contributed by atoms with E-state index in [1.165, 1.54) is 11.3 Å². The Morgan fingerprint density at radius 1 is 1.33 bits per heavy atom. The first-order valence-electron chi connectivity index (χ1n) is 6.68. The molecular weight excluding hydrogens is 304 g/mol. The van der Waals surface area contributed by atoms with Crippen molar-refractivity contribution >= 4 is 28.6 Å². The highest BCUT2D eigenvalue weighted by molar-refractivity contribution is 7.22. The molecule has 114 valence electrons. The Kier molecular flexibility index (Phi) is 4.24. The summed E-state index contributed by atoms with van der Waals surface area (Å²) in [4.78, 5) is 18.6. The predicted octanol–water partition coefficient (Wildman–Crippen LogP) is 3.46. The van der Waals surface area contributed by atoms with Gasteiger partial charge in [0.25, 0.3) is 5.91 Å². The topological polar surface area (TPSA) is 62.2 Å². The lowest BCUT2D eigenvalue weighted by atomic mass is 9.86. The normalized spacial score (nSPS) is 12.5. The van der Waals surface area contributed by atoms with Crippen molar-refractivity contribution in [1.29, 1.82) is 0 Å². The highest BCUT2D eigenvalue weighted by Gasteiger charge is 2.37. The number of nitrogens with one attached hydrogen (secondary N) is 1. The van der Waals surface area contributed by atoms with Crippen LogP contribution in [0.15, 0.2) is 17.5 Å². The largest absolute Gasteiger partial charge is 0.388 e. The fraction of sp³-hybridized carbons (Fsp3) is 0.467. The van der Waals surface area contributed by atoms with Crippen molar-refractivity contribution in [3.63, 3.8) is 0 Å². The molecule has 0 bridgehead atoms. The van der Waals surface area contributed by atoms with Crippen molar-refractivity contribution in [3.05, 3.63) is 28.1 Å². The molecule has 0 aromatic carbocycles. The van der Waals surface area contributed by atoms with Crippen LogP contribution in [-0.2, 0) is 0 Å². The van der Waals surface area contributed by atoms with E-state index in [1.807, 2.05) is 24.4 Å². The number of carbonyl (C=O) groups is 1. The molecule has 0 saturated carbocycles. The molecule has 0 saturated heterocycles. The van der Waals surface area contributed by atoms with E-state index in [9.17, 15) is 9.90 Å². The van der Waals surface area contributed by atoms with Gasteiger partial charge in [0, 0.05) is 0 Å². The van der Waals surface area contributed by atoms with Crippen LogP contribution in [-0.4, -0.2) is 27.1 Å². The highest BCUT2D eigenvalue weighted by atomic mass is 32.1. The van der Waals surface area contributed by atoms with Gasteiger partial charge in [0.2, 0.25) is 0 Å². The van der Waals surface area contributed by atoms with Crippen LogP contribution in [0.4, 0.5) is 0 Å². The third kappa shape index (κ3) is 3.33. The molecule has 2 rings (SSSR count). The molecule has 2 N–H and O–H groups in total. The van der Waals surface area contributed by atoms with Gasteiger partial charge in [0.05, 0.1) is 21.7 Å². The molecule has 2 aromatic rings. The lowest BCUT2D eigenvalue weighted by molar-refractivity contribution is -0.00286. The summed E-state index contributed by atoms with van der Waals surface area (Å²) >= 11 is 2.99. The van der Waals surface area contributed by atoms with Crippen LogP contribution in [0.3, 0.4) is 0 Å². The van der Waals surface area contributed by atoms with Gasteiger partial charge in [-0.05, 0) is 46.1 Å². The van der Waals surface area contributed by atoms with Crippen molar-refractivity contribution in [3.8, 4) is 9.88 Å². The van der Waals surface area contributed by atoms with E-state index in [0.717, 1.165) is 9.88 Å². The standard InChI is InChI=1S/C15H20N2O2S2/c1-9-11(12(18)17-14(2,3)15(4,5)19)21-13(16-9)10-7-6-8-20-10/h6-8,19H,1-5H3,(H,17,18). The average molecular weight is 324 g/mol. The number of rotatable bonds is 4. The molecule has 4 nitrogen and oxygen atoms in total. The molecule has 0 radical (unpaired) electrons. The minimum absolute atomic E-state index is 0.195. The molecule has 0 aliphatic carbocycles. The number of aromatic nitrogens is 1. The first-order chi connectivity index (χ1) is 9.62. The minimum Gasteiger partial charge on any atom is -0.388 e. The fourth-order valence-corrected chi connectivity index (χ4v) is 3.36. The molecule has 1 amide bonds. The second-order valence-corrected chi connectivity index (χ2v) is 8.00. The zero-order valence-corrected chi connectivity index (χ0v) is 14.5. The summed E-state index contributed by atoms with van der Waals surface area (Å²) in [5.74, 6) is -0.195. The van der Waals surface area contributed by atoms with Crippen molar-refractivity contribution in [2.75, 3.05) is 0 Å². The third-order valence-electron chi connectivity index (χ3n) is 3.69. The van der Waals surface area contributed by atoms with Crippen molar-refractivity contribution in [2.24, 2.45) is 0 Å². The van der Waals surface area contributed by atoms with Crippen LogP contribution in [0.5, 0.6) is 0 Å². The van der Waals surface area contributed by atoms with E-state index in [4.69, 9.17) is 0 Å². The van der Waals surface area contributed by atoms with Crippen molar-refractivity contribution in [1.82, 2.24) is 10.3 Å². The number of nitrogens with zero attached hydrogens (tertiary/aromatic N) is 1. The van der Waals surface area contributed by atoms with Gasteiger partial charge in [-0.25, -0.2) is 4.98 Å². The first-order valence-corrected chi connectivity index (χ1v) is 8.37. The summed E-state index contributed by atoms with van der Waals surface area (Å²) < 4.78 is 0. The van der Waals surface area contributed by atoms with Crippen molar-refractivity contribution in [2.45, 2.75) is 45.8 Å². The number of thiophene rings is 1. The van der Waals surface area contributed by atoms with Crippen LogP contribution in [0, 0.1) is 6.92 Å². The van der Waals surface area contributed by atoms with Crippen molar-refractivity contribution < 1.29 is 9.90 Å². The monoisotopic (exact) mass is 324 g/mol. The number of aryl methyl sites for hydroxylation is 1. The predicted molar refractivity (Wildman–Crippen MR) is 88.0 cm³/mol. The first kappa shape index (κ1) is 16.1. The Bertz CT molecular complexity index is 637. The van der Waals surface area contributed by atoms with E-state index >= 15 is 0 Å². The molecule has 21 heavy (non-hydrogen) atoms. The number of carbonyl (C=O) groups excluding carboxylic acids is 1. The maximum absolute atomic E-state index is 12.5. The lowest BCUT2D eigenvalue weighted by Crippen LogP contribution is -2.57. The molecule has 0 fully saturated rings. The number of thiazole rings is 1. The Morgan fingerprint density at radius 3 is 2.52 bits per heavy atom. The summed E-state index contributed by atoms with van der Waals surface area (Å²) in [5, 5.41) is 15.9. The van der Waals surface area contributed by atoms with Gasteiger partial charge in [-0.2, -0.15) is 0 Å². The van der Waals surface area contributed by atoms with E-state index < -0.39 is 11.1 Å². The molecule has 0 aliphatic rings. The maximum atomic E-state index is 12.5. The van der Waals surface area contributed by atoms with E-state index in [0.29, 0.717) is 10.6 Å². The summed E-state index contributed by atoms with van der Waals surface area (Å²) in [5.41, 5.74) is -1.03. The van der Waals surface area contributed by atoms with E-state index in [2.05, 4.69) is 10.3 Å². The maximum Gasteiger partial charge on any atom is 0.263 e. The number of aliphatic hydroxyl groups is 1. The van der Waals surface area contributed by atoms with Gasteiger partial charge in [-0.1, -0.05) is 6.07 Å². The van der Waals surface area contributed by atoms with Crippen LogP contribution in [0.2, 0.25) is 0 Å². The molecule has 0 atom stereocenters. The zero-order chi connectivity index (χ0) is 15.8. The molecule has 0 unspecified atom stereocenters. The Hall–Kier alpha value is -1.24. The molecule has 0 aliphatic heterocycles. The number of hydrogen-bond acceptors (Lipinski definition) is 5. The summed E-state index contributed by atoms with van der Waals surface area (Å²) in [6.07, 6.45) is 0. The Labute approximate surface area is 132 Å². The Morgan fingerprint density at radius 2 is 2.00 bits per heavy atom. The number of hydrogen-bond donors (Lipinski definition) is 2. The molecule has 2 aromatic heterocycles. The fourth-order valence-electron chi connectivity index (χ4n) is 1.61. The van der Waals surface area contributed by atoms with Crippen LogP contribution < -0.4 is 5.32 Å². The second kappa shape index (κ2) is 5.51. The lowest BCUT2D eigenvalue weighted by Gasteiger charge is -2.37. The minimum atomic E-state index is -1.02. The number of amides is 1. The summed E-state index contributed by atoms with van der Waals surface area (Å²) in [6.45, 7) is 8.82. The summed E-state index contributed by atoms with van der Waals surface area (Å²) in [7, 11) is 0. The average Bonchev–Trinajstić information content (AvgIpc) is 2.94. The SMILES string of the molecule is Cc1nc(-c2cccs2)sc1C(=O)NC(C)(C)C(C)(C)O. The molecule has 6 heteroatoms. The van der Waals surface area contributed by atoms with Gasteiger partial charge >= 0.3 is 0 Å². The quantitative estimate of drug-likeness (QED) is 0.905. The smallest absolute Gasteiger partial charge is 0.263 e. The molecule has 0 spiro atoms. The molecular formula is C15H20N2O2S2. The molecule has 2 heterocycles. The van der Waals surface area contributed by atoms with Crippen LogP contribution in [0.25, 0.3) is 9.88 Å². The van der Waals surface area contributed by atoms with Gasteiger partial charge < -0.3 is 10.4 Å². The van der Waals surface area contributed by atoms with Gasteiger partial charge in [0.15, 0.2) is 0 Å². The van der Waals surface area contributed by atoms with Gasteiger partial charge in [0.1, 0.15) is 9.88 Å². The Balaban J connectivity index is 2.25. The second-order valence-electron chi connectivity index (χ2n) is 6.05. The third-order valence-corrected chi connectivity index (χ3v) is 5.89. The van der Waals surface area contributed by atoms with Gasteiger partial charge in [-0.3, -0.25) is 4.79 Å². The van der Waals surface area contributed by atoms with Gasteiger partial charge in [-0.15, -0.1) is 22.7 Å². The van der Waals surface area contributed by atoms with Crippen LogP contribution in [0.1, 0.15) is 43.1 Å². The zero-order valence-electron chi connectivity index (χ0n) is 12.9. The van der Waals surface area contributed by atoms with Crippen LogP contribution >= 0.6 is 22.7 Å². The highest BCUT2D eigenvalue weighted by Crippen LogP contribution is 2.31. The van der Waals surface area contributed by atoms with E-state index in [1.54, 1.807) is 39.0 Å². The van der Waals surface area contributed by atoms with E-state index in [-0.39, 0.29) is 5.91 Å². The summed E-state index contributed by atoms with van der Waals surface area (Å²) in [6, 6.07) is 3.96.